The molecule has 1 aromatic heterocycles. The number of Topliss-reactive ketones (excluding diaryl/α,β-unsaturated/α-hetero) is 1. The topological polar surface area (TPSA) is 111 Å². The molecule has 2 heterocycles. The number of ketones is 1. The Labute approximate surface area is 255 Å². The van der Waals surface area contributed by atoms with Crippen molar-refractivity contribution in [2.24, 2.45) is 0 Å². The zero-order chi connectivity index (χ0) is 30.0. The van der Waals surface area contributed by atoms with Crippen LogP contribution in [-0.4, -0.2) is 48.3 Å². The zero-order valence-electron chi connectivity index (χ0n) is 23.1. The number of aromatic nitrogens is 2. The van der Waals surface area contributed by atoms with E-state index in [-0.39, 0.29) is 16.5 Å². The van der Waals surface area contributed by atoms with Gasteiger partial charge in [-0.2, -0.15) is 0 Å². The van der Waals surface area contributed by atoms with Crippen LogP contribution in [0.3, 0.4) is 0 Å². The Bertz CT molecular complexity index is 1660. The molecule has 1 aliphatic rings. The molecule has 9 nitrogen and oxygen atoms in total. The summed E-state index contributed by atoms with van der Waals surface area (Å²) < 4.78 is 17.1. The van der Waals surface area contributed by atoms with E-state index in [1.54, 1.807) is 24.3 Å². The lowest BCUT2D eigenvalue weighted by molar-refractivity contribution is -0.132. The van der Waals surface area contributed by atoms with E-state index in [1.165, 1.54) is 38.0 Å². The van der Waals surface area contributed by atoms with Crippen molar-refractivity contribution >= 4 is 57.3 Å². The van der Waals surface area contributed by atoms with Crippen molar-refractivity contribution < 1.29 is 28.9 Å². The minimum atomic E-state index is -1.06. The molecule has 0 saturated carbocycles. The Kier molecular flexibility index (Phi) is 8.72. The molecule has 1 atom stereocenters. The predicted octanol–water partition coefficient (Wildman–Crippen LogP) is 6.44. The fourth-order valence-corrected chi connectivity index (χ4v) is 6.74. The number of carbonyl (C=O) groups excluding carboxylic acids is 2. The number of hydrogen-bond acceptors (Lipinski definition) is 10. The van der Waals surface area contributed by atoms with Crippen molar-refractivity contribution in [2.75, 3.05) is 26.2 Å². The minimum Gasteiger partial charge on any atom is -0.507 e. The molecular formula is C30H26ClN3O6S2. The van der Waals surface area contributed by atoms with E-state index in [0.717, 1.165) is 22.5 Å². The van der Waals surface area contributed by atoms with Crippen LogP contribution < -0.4 is 19.1 Å². The first-order valence-electron chi connectivity index (χ1n) is 12.6. The van der Waals surface area contributed by atoms with Crippen LogP contribution in [0.25, 0.3) is 5.76 Å². The number of aryl methyl sites for hydroxylation is 1. The molecule has 3 aromatic carbocycles. The molecule has 0 aliphatic carbocycles. The highest BCUT2D eigenvalue weighted by molar-refractivity contribution is 8.00. The van der Waals surface area contributed by atoms with Gasteiger partial charge < -0.3 is 19.3 Å². The van der Waals surface area contributed by atoms with Crippen LogP contribution in [0.15, 0.2) is 70.6 Å². The van der Waals surface area contributed by atoms with Crippen LogP contribution in [0.2, 0.25) is 5.02 Å². The molecular weight excluding hydrogens is 598 g/mol. The summed E-state index contributed by atoms with van der Waals surface area (Å²) in [6.07, 6.45) is 0. The highest BCUT2D eigenvalue weighted by atomic mass is 35.5. The van der Waals surface area contributed by atoms with E-state index in [0.29, 0.717) is 43.5 Å². The molecule has 1 amide bonds. The van der Waals surface area contributed by atoms with Gasteiger partial charge in [-0.05, 0) is 36.2 Å². The van der Waals surface area contributed by atoms with Crippen LogP contribution in [-0.2, 0) is 15.3 Å². The number of hydrogen-bond donors (Lipinski definition) is 1. The number of aliphatic hydroxyl groups excluding tert-OH is 1. The van der Waals surface area contributed by atoms with Gasteiger partial charge in [0.1, 0.15) is 5.76 Å². The van der Waals surface area contributed by atoms with Gasteiger partial charge in [0, 0.05) is 16.3 Å². The van der Waals surface area contributed by atoms with Crippen LogP contribution in [0.1, 0.15) is 28.3 Å². The third kappa shape index (κ3) is 5.55. The second kappa shape index (κ2) is 12.4. The van der Waals surface area contributed by atoms with Gasteiger partial charge in [-0.3, -0.25) is 14.5 Å². The van der Waals surface area contributed by atoms with Crippen molar-refractivity contribution in [1.29, 1.82) is 0 Å². The Morgan fingerprint density at radius 2 is 1.67 bits per heavy atom. The number of nitrogens with zero attached hydrogens (tertiary/aromatic N) is 3. The van der Waals surface area contributed by atoms with Gasteiger partial charge in [0.05, 0.1) is 32.9 Å². The first-order chi connectivity index (χ1) is 20.3. The fourth-order valence-electron chi connectivity index (χ4n) is 4.58. The largest absolute Gasteiger partial charge is 0.507 e. The minimum absolute atomic E-state index is 0.0985. The highest BCUT2D eigenvalue weighted by Gasteiger charge is 2.49. The van der Waals surface area contributed by atoms with Crippen LogP contribution in [0.4, 0.5) is 5.13 Å². The molecule has 4 aromatic rings. The molecule has 1 unspecified atom stereocenters. The Balaban J connectivity index is 1.62. The molecule has 42 heavy (non-hydrogen) atoms. The molecule has 0 spiro atoms. The normalized spacial score (nSPS) is 16.1. The number of amides is 1. The van der Waals surface area contributed by atoms with Gasteiger partial charge >= 0.3 is 5.91 Å². The number of thioether (sulfide) groups is 1. The summed E-state index contributed by atoms with van der Waals surface area (Å²) in [4.78, 5) is 28.4. The quantitative estimate of drug-likeness (QED) is 0.0740. The SMILES string of the molecule is COc1cc(C2/C(=C(/O)c3ccc(C)cc3)C(=O)C(=O)N2c2nnc(SCc3ccccc3Cl)s2)cc(OC)c1OC. The lowest BCUT2D eigenvalue weighted by atomic mass is 9.94. The standard InChI is InChI=1S/C30H26ClN3O6S2/c1-16-9-11-17(12-10-16)25(35)23-24(19-13-21(38-2)27(40-4)22(14-19)39-3)34(28(37)26(23)36)29-32-33-30(42-29)41-15-18-7-5-6-8-20(18)31/h5-14,24,35H,15H2,1-4H3/b25-23-. The van der Waals surface area contributed by atoms with Gasteiger partial charge in [0.15, 0.2) is 15.8 Å². The summed E-state index contributed by atoms with van der Waals surface area (Å²) in [6, 6.07) is 16.7. The number of halogens is 1. The Morgan fingerprint density at radius 3 is 2.29 bits per heavy atom. The Morgan fingerprint density at radius 1 is 1.00 bits per heavy atom. The van der Waals surface area contributed by atoms with Gasteiger partial charge in [0.25, 0.3) is 5.78 Å². The van der Waals surface area contributed by atoms with Crippen molar-refractivity contribution in [2.45, 2.75) is 23.1 Å². The number of aliphatic hydroxyl groups is 1. The van der Waals surface area contributed by atoms with Crippen LogP contribution in [0.5, 0.6) is 17.2 Å². The summed E-state index contributed by atoms with van der Waals surface area (Å²) in [5.74, 6) is -0.493. The fraction of sp³-hybridized carbons (Fsp3) is 0.200. The molecule has 1 N–H and O–H groups in total. The number of benzene rings is 3. The number of rotatable bonds is 9. The van der Waals surface area contributed by atoms with Crippen molar-refractivity contribution in [3.8, 4) is 17.2 Å². The number of ether oxygens (including phenoxy) is 3. The molecule has 12 heteroatoms. The predicted molar refractivity (Wildman–Crippen MR) is 163 cm³/mol. The Hall–Kier alpha value is -4.06. The van der Waals surface area contributed by atoms with Gasteiger partial charge in [-0.15, -0.1) is 10.2 Å². The second-order valence-electron chi connectivity index (χ2n) is 9.22. The van der Waals surface area contributed by atoms with E-state index in [9.17, 15) is 14.7 Å². The van der Waals surface area contributed by atoms with Gasteiger partial charge in [-0.1, -0.05) is 82.7 Å². The number of anilines is 1. The smallest absolute Gasteiger partial charge is 0.301 e. The summed E-state index contributed by atoms with van der Waals surface area (Å²) in [5.41, 5.74) is 2.64. The maximum Gasteiger partial charge on any atom is 0.301 e. The van der Waals surface area contributed by atoms with Crippen molar-refractivity contribution in [3.05, 3.63) is 93.5 Å². The van der Waals surface area contributed by atoms with E-state index in [4.69, 9.17) is 25.8 Å². The average molecular weight is 624 g/mol. The summed E-state index contributed by atoms with van der Waals surface area (Å²) in [7, 11) is 4.42. The molecule has 0 radical (unpaired) electrons. The molecule has 216 valence electrons. The van der Waals surface area contributed by atoms with E-state index in [2.05, 4.69) is 10.2 Å². The molecule has 1 saturated heterocycles. The lowest BCUT2D eigenvalue weighted by Gasteiger charge is -2.24. The maximum absolute atomic E-state index is 13.6. The highest BCUT2D eigenvalue weighted by Crippen LogP contribution is 2.48. The summed E-state index contributed by atoms with van der Waals surface area (Å²) in [6.45, 7) is 1.91. The van der Waals surface area contributed by atoms with E-state index < -0.39 is 17.7 Å². The van der Waals surface area contributed by atoms with Crippen molar-refractivity contribution in [3.63, 3.8) is 0 Å². The zero-order valence-corrected chi connectivity index (χ0v) is 25.5. The molecule has 5 rings (SSSR count). The molecule has 1 aliphatic heterocycles. The average Bonchev–Trinajstić information content (AvgIpc) is 3.57. The summed E-state index contributed by atoms with van der Waals surface area (Å²) >= 11 is 8.87. The lowest BCUT2D eigenvalue weighted by Crippen LogP contribution is -2.29. The molecule has 0 bridgehead atoms. The number of methoxy groups -OCH3 is 3. The first-order valence-corrected chi connectivity index (χ1v) is 14.8. The van der Waals surface area contributed by atoms with Crippen LogP contribution >= 0.6 is 34.7 Å². The van der Waals surface area contributed by atoms with Gasteiger partial charge in [-0.25, -0.2) is 0 Å². The number of carbonyl (C=O) groups is 2. The van der Waals surface area contributed by atoms with E-state index in [1.807, 2.05) is 43.3 Å². The van der Waals surface area contributed by atoms with E-state index >= 15 is 0 Å². The molecule has 1 fully saturated rings. The summed E-state index contributed by atoms with van der Waals surface area (Å²) in [5, 5.41) is 20.8. The second-order valence-corrected chi connectivity index (χ2v) is 11.8. The third-order valence-electron chi connectivity index (χ3n) is 6.68. The monoisotopic (exact) mass is 623 g/mol. The first kappa shape index (κ1) is 29.4. The van der Waals surface area contributed by atoms with Crippen LogP contribution in [0, 0.1) is 6.92 Å². The van der Waals surface area contributed by atoms with Gasteiger partial charge in [0.2, 0.25) is 10.9 Å². The third-order valence-corrected chi connectivity index (χ3v) is 9.16. The maximum atomic E-state index is 13.6. The van der Waals surface area contributed by atoms with Crippen molar-refractivity contribution in [1.82, 2.24) is 10.2 Å².